The summed E-state index contributed by atoms with van der Waals surface area (Å²) in [6, 6.07) is 0. The Morgan fingerprint density at radius 3 is 1.68 bits per heavy atom. The maximum Gasteiger partial charge on any atom is 0.331 e. The highest BCUT2D eigenvalue weighted by Crippen LogP contribution is 1.91. The molecular weight excluding hydrogens is 338 g/mol. The molecule has 1 amide bonds. The Morgan fingerprint density at radius 2 is 1.32 bits per heavy atom. The van der Waals surface area contributed by atoms with E-state index in [0.29, 0.717) is 13.1 Å². The smallest absolute Gasteiger partial charge is 0.331 e. The molecule has 2 N–H and O–H groups in total. The fourth-order valence-corrected chi connectivity index (χ4v) is 1.27. The Kier molecular flexibility index (Phi) is 14.3. The van der Waals surface area contributed by atoms with Crippen molar-refractivity contribution < 1.29 is 43.7 Å². The largest absolute Gasteiger partial charge is 0.481 e. The Hall–Kier alpha value is -2.91. The fourth-order valence-electron chi connectivity index (χ4n) is 1.27. The molecule has 0 saturated carbocycles. The van der Waals surface area contributed by atoms with Crippen LogP contribution in [0.15, 0.2) is 12.2 Å². The molecule has 0 aromatic heterocycles. The molecule has 0 aliphatic rings. The molecule has 0 unspecified atom stereocenters. The Labute approximate surface area is 145 Å². The molecule has 10 heteroatoms. The molecule has 0 saturated heterocycles. The highest BCUT2D eigenvalue weighted by Gasteiger charge is 2.11. The Bertz CT molecular complexity index is 481. The van der Waals surface area contributed by atoms with Crippen LogP contribution in [-0.4, -0.2) is 71.7 Å². The van der Waals surface area contributed by atoms with Gasteiger partial charge in [-0.3, -0.25) is 14.4 Å². The number of rotatable bonds is 9. The first kappa shape index (κ1) is 24.3. The molecule has 0 spiro atoms. The first-order chi connectivity index (χ1) is 11.7. The molecule has 0 aliphatic heterocycles. The highest BCUT2D eigenvalue weighted by molar-refractivity contribution is 5.92. The van der Waals surface area contributed by atoms with Gasteiger partial charge in [-0.2, -0.15) is 0 Å². The van der Waals surface area contributed by atoms with Crippen LogP contribution in [0, 0.1) is 0 Å². The minimum Gasteiger partial charge on any atom is -0.481 e. The summed E-state index contributed by atoms with van der Waals surface area (Å²) in [5.74, 6) is -3.83. The van der Waals surface area contributed by atoms with Crippen LogP contribution in [0.2, 0.25) is 0 Å². The maximum atomic E-state index is 11.4. The van der Waals surface area contributed by atoms with E-state index in [4.69, 9.17) is 10.2 Å². The van der Waals surface area contributed by atoms with Gasteiger partial charge in [-0.1, -0.05) is 0 Å². The van der Waals surface area contributed by atoms with Crippen LogP contribution in [0.5, 0.6) is 0 Å². The third-order valence-electron chi connectivity index (χ3n) is 2.56. The Morgan fingerprint density at radius 1 is 0.880 bits per heavy atom. The van der Waals surface area contributed by atoms with Crippen molar-refractivity contribution in [1.82, 2.24) is 4.90 Å². The maximum absolute atomic E-state index is 11.4. The van der Waals surface area contributed by atoms with Crippen LogP contribution >= 0.6 is 0 Å². The monoisotopic (exact) mass is 361 g/mol. The Balaban J connectivity index is 0. The molecule has 10 nitrogen and oxygen atoms in total. The number of carboxylic acid groups (broad SMARTS) is 2. The van der Waals surface area contributed by atoms with E-state index in [9.17, 15) is 24.0 Å². The second-order valence-corrected chi connectivity index (χ2v) is 4.32. The number of aliphatic carboxylic acids is 2. The second kappa shape index (κ2) is 14.7. The highest BCUT2D eigenvalue weighted by atomic mass is 16.5. The van der Waals surface area contributed by atoms with Crippen molar-refractivity contribution in [2.75, 3.05) is 26.8 Å². The minimum atomic E-state index is -1.08. The van der Waals surface area contributed by atoms with E-state index in [-0.39, 0.29) is 25.4 Å². The van der Waals surface area contributed by atoms with Crippen LogP contribution in [-0.2, 0) is 33.4 Å². The number of amides is 1. The number of methoxy groups -OCH3 is 1. The lowest BCUT2D eigenvalue weighted by Crippen LogP contribution is -2.34. The lowest BCUT2D eigenvalue weighted by Gasteiger charge is -2.17. The summed E-state index contributed by atoms with van der Waals surface area (Å²) in [6.45, 7) is 4.46. The van der Waals surface area contributed by atoms with Gasteiger partial charge in [0.25, 0.3) is 5.91 Å². The number of hydrogen-bond acceptors (Lipinski definition) is 7. The van der Waals surface area contributed by atoms with Gasteiger partial charge in [-0.15, -0.1) is 0 Å². The third-order valence-corrected chi connectivity index (χ3v) is 2.56. The quantitative estimate of drug-likeness (QED) is 0.429. The predicted octanol–water partition coefficient (Wildman–Crippen LogP) is 0.0630. The summed E-state index contributed by atoms with van der Waals surface area (Å²) < 4.78 is 8.95. The summed E-state index contributed by atoms with van der Waals surface area (Å²) in [5.41, 5.74) is 0. The van der Waals surface area contributed by atoms with Crippen LogP contribution in [0.3, 0.4) is 0 Å². The van der Waals surface area contributed by atoms with Crippen molar-refractivity contribution in [1.29, 1.82) is 0 Å². The molecule has 25 heavy (non-hydrogen) atoms. The predicted molar refractivity (Wildman–Crippen MR) is 84.5 cm³/mol. The number of carbonyl (C=O) groups excluding carboxylic acids is 3. The molecule has 0 aromatic carbocycles. The molecule has 0 aromatic rings. The molecule has 0 atom stereocenters. The lowest BCUT2D eigenvalue weighted by molar-refractivity contribution is -0.148. The number of carboxylic acids is 2. The zero-order valence-electron chi connectivity index (χ0n) is 14.4. The molecule has 0 bridgehead atoms. The summed E-state index contributed by atoms with van der Waals surface area (Å²) in [5, 5.41) is 15.8. The summed E-state index contributed by atoms with van der Waals surface area (Å²) in [6.07, 6.45) is 1.26. The minimum absolute atomic E-state index is 0.269. The molecule has 0 rings (SSSR count). The van der Waals surface area contributed by atoms with E-state index in [0.717, 1.165) is 12.2 Å². The van der Waals surface area contributed by atoms with Crippen LogP contribution in [0.1, 0.15) is 26.7 Å². The standard InChI is InChI=1S/C11H17NO5.C4H6O4/c1-4-12(5-2)9(13)8-17-11(15)7-6-10(14)16-3;5-3(6)1-2-4(7)8/h6-7H,4-5,8H2,1-3H3;1-2H2,(H,5,6)(H,7,8)/b7-6+;. The molecule has 0 aliphatic carbocycles. The number of esters is 2. The van der Waals surface area contributed by atoms with Crippen LogP contribution < -0.4 is 0 Å². The SMILES string of the molecule is CCN(CC)C(=O)COC(=O)/C=C/C(=O)OC.O=C(O)CCC(=O)O. The van der Waals surface area contributed by atoms with Gasteiger partial charge in [-0.25, -0.2) is 9.59 Å². The number of carbonyl (C=O) groups is 5. The van der Waals surface area contributed by atoms with E-state index in [1.165, 1.54) is 12.0 Å². The third kappa shape index (κ3) is 15.8. The van der Waals surface area contributed by atoms with Crippen molar-refractivity contribution >= 4 is 29.8 Å². The first-order valence-electron chi connectivity index (χ1n) is 7.31. The van der Waals surface area contributed by atoms with Gasteiger partial charge in [0.15, 0.2) is 6.61 Å². The molecule has 142 valence electrons. The van der Waals surface area contributed by atoms with E-state index < -0.39 is 23.9 Å². The zero-order valence-corrected chi connectivity index (χ0v) is 14.4. The second-order valence-electron chi connectivity index (χ2n) is 4.32. The number of nitrogens with zero attached hydrogens (tertiary/aromatic N) is 1. The van der Waals surface area contributed by atoms with Gasteiger partial charge in [0, 0.05) is 25.2 Å². The number of hydrogen-bond donors (Lipinski definition) is 2. The molecular formula is C15H23NO9. The van der Waals surface area contributed by atoms with Crippen molar-refractivity contribution in [3.8, 4) is 0 Å². The number of ether oxygens (including phenoxy) is 2. The molecule has 0 fully saturated rings. The van der Waals surface area contributed by atoms with Gasteiger partial charge in [0.2, 0.25) is 0 Å². The molecule has 0 heterocycles. The number of likely N-dealkylation sites (N-methyl/N-ethyl adjacent to an activating group) is 1. The van der Waals surface area contributed by atoms with Crippen LogP contribution in [0.4, 0.5) is 0 Å². The molecule has 0 radical (unpaired) electrons. The van der Waals surface area contributed by atoms with Crippen molar-refractivity contribution in [3.05, 3.63) is 12.2 Å². The zero-order chi connectivity index (χ0) is 19.8. The normalized spacial score (nSPS) is 9.56. The van der Waals surface area contributed by atoms with Gasteiger partial charge in [-0.05, 0) is 13.8 Å². The van der Waals surface area contributed by atoms with Crippen molar-refractivity contribution in [2.45, 2.75) is 26.7 Å². The fraction of sp³-hybridized carbons (Fsp3) is 0.533. The van der Waals surface area contributed by atoms with Gasteiger partial charge >= 0.3 is 23.9 Å². The topological polar surface area (TPSA) is 148 Å². The first-order valence-corrected chi connectivity index (χ1v) is 7.31. The summed E-state index contributed by atoms with van der Waals surface area (Å²) in [4.78, 5) is 54.0. The summed E-state index contributed by atoms with van der Waals surface area (Å²) >= 11 is 0. The lowest BCUT2D eigenvalue weighted by atomic mass is 10.3. The van der Waals surface area contributed by atoms with Crippen molar-refractivity contribution in [2.24, 2.45) is 0 Å². The van der Waals surface area contributed by atoms with Gasteiger partial charge < -0.3 is 24.6 Å². The van der Waals surface area contributed by atoms with Crippen LogP contribution in [0.25, 0.3) is 0 Å². The van der Waals surface area contributed by atoms with E-state index in [2.05, 4.69) is 9.47 Å². The van der Waals surface area contributed by atoms with E-state index >= 15 is 0 Å². The summed E-state index contributed by atoms with van der Waals surface area (Å²) in [7, 11) is 1.20. The van der Waals surface area contributed by atoms with Gasteiger partial charge in [0.05, 0.1) is 20.0 Å². The van der Waals surface area contributed by atoms with Crippen molar-refractivity contribution in [3.63, 3.8) is 0 Å². The van der Waals surface area contributed by atoms with E-state index in [1.807, 2.05) is 13.8 Å². The average molecular weight is 361 g/mol. The average Bonchev–Trinajstić information content (AvgIpc) is 2.57. The van der Waals surface area contributed by atoms with Gasteiger partial charge in [0.1, 0.15) is 0 Å². The van der Waals surface area contributed by atoms with E-state index in [1.54, 1.807) is 0 Å².